The van der Waals surface area contributed by atoms with E-state index in [-0.39, 0.29) is 30.7 Å². The van der Waals surface area contributed by atoms with E-state index in [0.29, 0.717) is 42.5 Å². The zero-order valence-corrected chi connectivity index (χ0v) is 25.9. The monoisotopic (exact) mass is 618 g/mol. The van der Waals surface area contributed by atoms with Crippen molar-refractivity contribution in [3.8, 4) is 11.5 Å². The van der Waals surface area contributed by atoms with Crippen LogP contribution in [0.2, 0.25) is 0 Å². The van der Waals surface area contributed by atoms with E-state index < -0.39 is 0 Å². The summed E-state index contributed by atoms with van der Waals surface area (Å²) in [7, 11) is 1.36. The molecule has 3 amide bonds. The predicted octanol–water partition coefficient (Wildman–Crippen LogP) is 5.25. The van der Waals surface area contributed by atoms with Crippen molar-refractivity contribution in [1.82, 2.24) is 4.90 Å². The number of carbonyl (C=O) groups is 3. The SMILES string of the molecule is COC(=O)CCCOc1cc(NC(=O)Cc2ccc(NC(=O)Nc3ccccc3C)cc2)ccc1OCCCN1CCOCC1. The van der Waals surface area contributed by atoms with Crippen molar-refractivity contribution in [1.29, 1.82) is 0 Å². The Morgan fingerprint density at radius 3 is 2.29 bits per heavy atom. The fraction of sp³-hybridized carbons (Fsp3) is 0.382. The van der Waals surface area contributed by atoms with E-state index in [1.54, 1.807) is 42.5 Å². The molecule has 0 aliphatic carbocycles. The molecule has 1 heterocycles. The summed E-state index contributed by atoms with van der Waals surface area (Å²) in [6, 6.07) is 19.6. The van der Waals surface area contributed by atoms with E-state index in [1.807, 2.05) is 31.2 Å². The topological polar surface area (TPSA) is 127 Å². The molecule has 0 unspecified atom stereocenters. The normalized spacial score (nSPS) is 13.0. The van der Waals surface area contributed by atoms with Crippen molar-refractivity contribution in [2.24, 2.45) is 0 Å². The summed E-state index contributed by atoms with van der Waals surface area (Å²) in [5.41, 5.74) is 3.67. The van der Waals surface area contributed by atoms with Gasteiger partial charge in [-0.3, -0.25) is 14.5 Å². The molecule has 0 bridgehead atoms. The molecule has 0 atom stereocenters. The Labute approximate surface area is 264 Å². The average Bonchev–Trinajstić information content (AvgIpc) is 3.04. The minimum Gasteiger partial charge on any atom is -0.490 e. The Kier molecular flexibility index (Phi) is 13.0. The molecule has 1 saturated heterocycles. The second kappa shape index (κ2) is 17.6. The maximum Gasteiger partial charge on any atom is 0.323 e. The van der Waals surface area contributed by atoms with E-state index in [0.717, 1.165) is 56.1 Å². The molecule has 11 heteroatoms. The number of carbonyl (C=O) groups excluding carboxylic acids is 3. The summed E-state index contributed by atoms with van der Waals surface area (Å²) in [5, 5.41) is 8.56. The maximum atomic E-state index is 12.9. The number of urea groups is 1. The first-order valence-electron chi connectivity index (χ1n) is 15.2. The van der Waals surface area contributed by atoms with Crippen LogP contribution in [-0.4, -0.2) is 76.0 Å². The number of amides is 3. The van der Waals surface area contributed by atoms with Crippen molar-refractivity contribution < 1.29 is 33.3 Å². The summed E-state index contributed by atoms with van der Waals surface area (Å²) < 4.78 is 22.1. The molecule has 0 spiro atoms. The lowest BCUT2D eigenvalue weighted by molar-refractivity contribution is -0.140. The number of esters is 1. The lowest BCUT2D eigenvalue weighted by Gasteiger charge is -2.26. The minimum absolute atomic E-state index is 0.144. The van der Waals surface area contributed by atoms with Gasteiger partial charge in [-0.2, -0.15) is 0 Å². The van der Waals surface area contributed by atoms with E-state index in [2.05, 4.69) is 20.9 Å². The van der Waals surface area contributed by atoms with Gasteiger partial charge in [0.1, 0.15) is 0 Å². The number of morpholine rings is 1. The van der Waals surface area contributed by atoms with Gasteiger partial charge in [0.2, 0.25) is 5.91 Å². The number of methoxy groups -OCH3 is 1. The number of nitrogens with one attached hydrogen (secondary N) is 3. The van der Waals surface area contributed by atoms with Crippen molar-refractivity contribution in [3.05, 3.63) is 77.9 Å². The third-order valence-electron chi connectivity index (χ3n) is 7.19. The van der Waals surface area contributed by atoms with Crippen LogP contribution in [0.3, 0.4) is 0 Å². The lowest BCUT2D eigenvalue weighted by Crippen LogP contribution is -2.37. The van der Waals surface area contributed by atoms with Crippen LogP contribution < -0.4 is 25.4 Å². The van der Waals surface area contributed by atoms with Crippen LogP contribution in [0.15, 0.2) is 66.7 Å². The molecule has 45 heavy (non-hydrogen) atoms. The smallest absolute Gasteiger partial charge is 0.323 e. The molecular weight excluding hydrogens is 576 g/mol. The third-order valence-corrected chi connectivity index (χ3v) is 7.19. The molecule has 3 N–H and O–H groups in total. The van der Waals surface area contributed by atoms with Crippen molar-refractivity contribution in [2.45, 2.75) is 32.6 Å². The number of ether oxygens (including phenoxy) is 4. The summed E-state index contributed by atoms with van der Waals surface area (Å²) in [6.07, 6.45) is 1.73. The van der Waals surface area contributed by atoms with Crippen LogP contribution in [-0.2, 0) is 25.5 Å². The van der Waals surface area contributed by atoms with Gasteiger partial charge in [0.15, 0.2) is 11.5 Å². The van der Waals surface area contributed by atoms with Crippen molar-refractivity contribution in [2.75, 3.05) is 69.1 Å². The first-order chi connectivity index (χ1) is 21.9. The first kappa shape index (κ1) is 33.3. The molecule has 3 aromatic carbocycles. The highest BCUT2D eigenvalue weighted by atomic mass is 16.5. The first-order valence-corrected chi connectivity index (χ1v) is 15.2. The number of hydrogen-bond donors (Lipinski definition) is 3. The molecule has 0 saturated carbocycles. The van der Waals surface area contributed by atoms with Gasteiger partial charge in [0, 0.05) is 49.2 Å². The molecule has 3 aromatic rings. The molecule has 4 rings (SSSR count). The third kappa shape index (κ3) is 11.4. The molecular formula is C34H42N4O7. The number of anilines is 3. The highest BCUT2D eigenvalue weighted by Crippen LogP contribution is 2.31. The number of nitrogens with zero attached hydrogens (tertiary/aromatic N) is 1. The Hall–Kier alpha value is -4.61. The van der Waals surface area contributed by atoms with Crippen LogP contribution in [0.1, 0.15) is 30.4 Å². The zero-order chi connectivity index (χ0) is 31.9. The summed E-state index contributed by atoms with van der Waals surface area (Å²) in [5.74, 6) is 0.559. The van der Waals surface area contributed by atoms with Gasteiger partial charge < -0.3 is 34.9 Å². The second-order valence-corrected chi connectivity index (χ2v) is 10.7. The van der Waals surface area contributed by atoms with E-state index in [4.69, 9.17) is 18.9 Å². The van der Waals surface area contributed by atoms with Gasteiger partial charge in [0.25, 0.3) is 0 Å². The van der Waals surface area contributed by atoms with Gasteiger partial charge in [-0.25, -0.2) is 4.79 Å². The Balaban J connectivity index is 1.29. The van der Waals surface area contributed by atoms with Gasteiger partial charge in [-0.15, -0.1) is 0 Å². The maximum absolute atomic E-state index is 12.9. The van der Waals surface area contributed by atoms with Crippen molar-refractivity contribution in [3.63, 3.8) is 0 Å². The largest absolute Gasteiger partial charge is 0.490 e. The van der Waals surface area contributed by atoms with Crippen LogP contribution in [0.25, 0.3) is 0 Å². The number of aryl methyl sites for hydroxylation is 1. The van der Waals surface area contributed by atoms with Gasteiger partial charge in [-0.05, 0) is 61.2 Å². The number of hydrogen-bond acceptors (Lipinski definition) is 8. The van der Waals surface area contributed by atoms with E-state index >= 15 is 0 Å². The Morgan fingerprint density at radius 2 is 1.53 bits per heavy atom. The Bertz CT molecular complexity index is 1410. The summed E-state index contributed by atoms with van der Waals surface area (Å²) in [4.78, 5) is 39.1. The minimum atomic E-state index is -0.345. The molecule has 1 aliphatic heterocycles. The molecule has 0 aromatic heterocycles. The van der Waals surface area contributed by atoms with Gasteiger partial charge in [-0.1, -0.05) is 30.3 Å². The molecule has 1 fully saturated rings. The number of benzene rings is 3. The fourth-order valence-corrected chi connectivity index (χ4v) is 4.71. The molecule has 1 aliphatic rings. The van der Waals surface area contributed by atoms with Crippen molar-refractivity contribution >= 4 is 35.0 Å². The Morgan fingerprint density at radius 1 is 0.822 bits per heavy atom. The quantitative estimate of drug-likeness (QED) is 0.156. The van der Waals surface area contributed by atoms with E-state index in [9.17, 15) is 14.4 Å². The standard InChI is InChI=1S/C34H42N4O7/c1-25-7-3-4-8-29(25)37-34(41)36-27-12-10-26(11-13-27)23-32(39)35-28-14-15-30(31(24-28)45-19-5-9-33(40)42-2)44-20-6-16-38-17-21-43-22-18-38/h3-4,7-8,10-15,24H,5-6,9,16-23H2,1-2H3,(H,35,39)(H2,36,37,41). The highest BCUT2D eigenvalue weighted by molar-refractivity contribution is 6.00. The molecule has 0 radical (unpaired) electrons. The highest BCUT2D eigenvalue weighted by Gasteiger charge is 2.13. The lowest BCUT2D eigenvalue weighted by atomic mass is 10.1. The van der Waals surface area contributed by atoms with E-state index in [1.165, 1.54) is 7.11 Å². The summed E-state index contributed by atoms with van der Waals surface area (Å²) in [6.45, 7) is 7.02. The second-order valence-electron chi connectivity index (χ2n) is 10.7. The average molecular weight is 619 g/mol. The van der Waals surface area contributed by atoms with Crippen LogP contribution >= 0.6 is 0 Å². The zero-order valence-electron chi connectivity index (χ0n) is 25.9. The molecule has 240 valence electrons. The van der Waals surface area contributed by atoms with Gasteiger partial charge >= 0.3 is 12.0 Å². The molecule has 11 nitrogen and oxygen atoms in total. The predicted molar refractivity (Wildman–Crippen MR) is 173 cm³/mol. The van der Waals surface area contributed by atoms with Gasteiger partial charge in [0.05, 0.1) is 40.0 Å². The van der Waals surface area contributed by atoms with Crippen LogP contribution in [0.5, 0.6) is 11.5 Å². The fourth-order valence-electron chi connectivity index (χ4n) is 4.71. The number of para-hydroxylation sites is 1. The summed E-state index contributed by atoms with van der Waals surface area (Å²) >= 11 is 0. The van der Waals surface area contributed by atoms with Crippen LogP contribution in [0, 0.1) is 6.92 Å². The van der Waals surface area contributed by atoms with Crippen LogP contribution in [0.4, 0.5) is 21.9 Å². The number of rotatable bonds is 15.